The minimum absolute atomic E-state index is 0.00870. The van der Waals surface area contributed by atoms with E-state index in [-0.39, 0.29) is 12.3 Å². The van der Waals surface area contributed by atoms with Crippen molar-refractivity contribution in [1.82, 2.24) is 4.98 Å². The maximum Gasteiger partial charge on any atom is 0.192 e. The Kier molecular flexibility index (Phi) is 2.19. The molecule has 70 valence electrons. The van der Waals surface area contributed by atoms with E-state index in [0.717, 1.165) is 12.8 Å². The lowest BCUT2D eigenvalue weighted by molar-refractivity contribution is 0.0997. The number of rotatable bonds is 2. The summed E-state index contributed by atoms with van der Waals surface area (Å²) in [6.07, 6.45) is 4.64. The molecule has 3 heteroatoms. The summed E-state index contributed by atoms with van der Waals surface area (Å²) in [5.41, 5.74) is 8.53. The lowest BCUT2D eigenvalue weighted by Crippen LogP contribution is -2.13. The normalized spacial score (nSPS) is 15.5. The van der Waals surface area contributed by atoms with Crippen LogP contribution in [-0.2, 0) is 12.8 Å². The van der Waals surface area contributed by atoms with E-state index in [1.54, 1.807) is 0 Å². The number of H-pyrrole nitrogens is 1. The third-order valence-corrected chi connectivity index (χ3v) is 2.60. The summed E-state index contributed by atoms with van der Waals surface area (Å²) in [4.78, 5) is 14.4. The van der Waals surface area contributed by atoms with E-state index in [2.05, 4.69) is 4.98 Å². The van der Waals surface area contributed by atoms with E-state index in [1.807, 2.05) is 6.07 Å². The SMILES string of the molecule is NCC(=O)c1cc2c([nH]1)CCCC2. The van der Waals surface area contributed by atoms with Crippen LogP contribution >= 0.6 is 0 Å². The summed E-state index contributed by atoms with van der Waals surface area (Å²) < 4.78 is 0. The molecule has 1 heterocycles. The summed E-state index contributed by atoms with van der Waals surface area (Å²) in [5.74, 6) is 0.00870. The molecule has 0 radical (unpaired) electrons. The van der Waals surface area contributed by atoms with Gasteiger partial charge in [-0.05, 0) is 37.3 Å². The fourth-order valence-corrected chi connectivity index (χ4v) is 1.86. The van der Waals surface area contributed by atoms with Crippen molar-refractivity contribution in [3.63, 3.8) is 0 Å². The highest BCUT2D eigenvalue weighted by Gasteiger charge is 2.15. The minimum Gasteiger partial charge on any atom is -0.356 e. The smallest absolute Gasteiger partial charge is 0.192 e. The molecular formula is C10H14N2O. The standard InChI is InChI=1S/C10H14N2O/c11-6-10(13)9-5-7-3-1-2-4-8(7)12-9/h5,12H,1-4,6,11H2. The predicted octanol–water partition coefficient (Wildman–Crippen LogP) is 1.03. The van der Waals surface area contributed by atoms with E-state index >= 15 is 0 Å². The first-order valence-corrected chi connectivity index (χ1v) is 4.75. The number of aromatic amines is 1. The number of carbonyl (C=O) groups excluding carboxylic acids is 1. The zero-order chi connectivity index (χ0) is 9.26. The zero-order valence-corrected chi connectivity index (χ0v) is 7.60. The quantitative estimate of drug-likeness (QED) is 0.665. The molecule has 1 aromatic rings. The topological polar surface area (TPSA) is 58.9 Å². The molecular weight excluding hydrogens is 164 g/mol. The molecule has 0 fully saturated rings. The molecule has 1 aliphatic carbocycles. The Labute approximate surface area is 77.3 Å². The lowest BCUT2D eigenvalue weighted by Gasteiger charge is -2.08. The van der Waals surface area contributed by atoms with Gasteiger partial charge in [0.2, 0.25) is 0 Å². The van der Waals surface area contributed by atoms with Gasteiger partial charge in [0.1, 0.15) is 0 Å². The molecule has 13 heavy (non-hydrogen) atoms. The largest absolute Gasteiger partial charge is 0.356 e. The highest BCUT2D eigenvalue weighted by Crippen LogP contribution is 2.21. The van der Waals surface area contributed by atoms with Gasteiger partial charge in [-0.3, -0.25) is 4.79 Å². The number of nitrogens with two attached hydrogens (primary N) is 1. The molecule has 0 atom stereocenters. The molecule has 2 rings (SSSR count). The third-order valence-electron chi connectivity index (χ3n) is 2.60. The fourth-order valence-electron chi connectivity index (χ4n) is 1.86. The number of hydrogen-bond acceptors (Lipinski definition) is 2. The Morgan fingerprint density at radius 1 is 1.46 bits per heavy atom. The summed E-state index contributed by atoms with van der Waals surface area (Å²) in [5, 5.41) is 0. The van der Waals surface area contributed by atoms with Crippen molar-refractivity contribution in [2.75, 3.05) is 6.54 Å². The molecule has 0 saturated carbocycles. The van der Waals surface area contributed by atoms with Gasteiger partial charge in [0.05, 0.1) is 12.2 Å². The monoisotopic (exact) mass is 178 g/mol. The number of nitrogens with one attached hydrogen (secondary N) is 1. The van der Waals surface area contributed by atoms with E-state index in [0.29, 0.717) is 5.69 Å². The van der Waals surface area contributed by atoms with Gasteiger partial charge in [0, 0.05) is 5.69 Å². The van der Waals surface area contributed by atoms with Crippen molar-refractivity contribution >= 4 is 5.78 Å². The second-order valence-corrected chi connectivity index (χ2v) is 3.52. The van der Waals surface area contributed by atoms with Crippen LogP contribution in [0.25, 0.3) is 0 Å². The van der Waals surface area contributed by atoms with E-state index in [4.69, 9.17) is 5.73 Å². The lowest BCUT2D eigenvalue weighted by atomic mass is 9.98. The number of hydrogen-bond donors (Lipinski definition) is 2. The number of ketones is 1. The van der Waals surface area contributed by atoms with Crippen LogP contribution in [0.15, 0.2) is 6.07 Å². The average molecular weight is 178 g/mol. The van der Waals surface area contributed by atoms with Crippen LogP contribution in [-0.4, -0.2) is 17.3 Å². The molecule has 1 aliphatic rings. The number of fused-ring (bicyclic) bond motifs is 1. The van der Waals surface area contributed by atoms with Crippen LogP contribution < -0.4 is 5.73 Å². The van der Waals surface area contributed by atoms with Crippen LogP contribution in [0, 0.1) is 0 Å². The van der Waals surface area contributed by atoms with Crippen LogP contribution in [0.5, 0.6) is 0 Å². The van der Waals surface area contributed by atoms with Crippen molar-refractivity contribution in [1.29, 1.82) is 0 Å². The molecule has 1 aromatic heterocycles. The minimum atomic E-state index is 0.00870. The maximum absolute atomic E-state index is 11.3. The average Bonchev–Trinajstić information content (AvgIpc) is 2.59. The third kappa shape index (κ3) is 1.52. The Morgan fingerprint density at radius 2 is 2.23 bits per heavy atom. The first-order chi connectivity index (χ1) is 6.31. The van der Waals surface area contributed by atoms with Gasteiger partial charge in [-0.1, -0.05) is 0 Å². The Morgan fingerprint density at radius 3 is 2.92 bits per heavy atom. The van der Waals surface area contributed by atoms with Gasteiger partial charge in [-0.2, -0.15) is 0 Å². The van der Waals surface area contributed by atoms with Gasteiger partial charge in [0.15, 0.2) is 5.78 Å². The Bertz CT molecular complexity index is 304. The number of Topliss-reactive ketones (excluding diaryl/α,β-unsaturated/α-hetero) is 1. The number of aryl methyl sites for hydroxylation is 2. The van der Waals surface area contributed by atoms with Crippen molar-refractivity contribution < 1.29 is 4.79 Å². The highest BCUT2D eigenvalue weighted by atomic mass is 16.1. The highest BCUT2D eigenvalue weighted by molar-refractivity contribution is 5.96. The predicted molar refractivity (Wildman–Crippen MR) is 50.8 cm³/mol. The van der Waals surface area contributed by atoms with Crippen molar-refractivity contribution in [2.45, 2.75) is 25.7 Å². The van der Waals surface area contributed by atoms with Crippen LogP contribution in [0.3, 0.4) is 0 Å². The molecule has 0 bridgehead atoms. The molecule has 0 amide bonds. The second kappa shape index (κ2) is 3.34. The second-order valence-electron chi connectivity index (χ2n) is 3.52. The molecule has 0 unspecified atom stereocenters. The van der Waals surface area contributed by atoms with Crippen molar-refractivity contribution in [3.8, 4) is 0 Å². The van der Waals surface area contributed by atoms with Gasteiger partial charge >= 0.3 is 0 Å². The van der Waals surface area contributed by atoms with Crippen molar-refractivity contribution in [3.05, 3.63) is 23.0 Å². The Hall–Kier alpha value is -1.09. The van der Waals surface area contributed by atoms with E-state index in [1.165, 1.54) is 24.1 Å². The summed E-state index contributed by atoms with van der Waals surface area (Å²) in [6, 6.07) is 1.96. The van der Waals surface area contributed by atoms with Gasteiger partial charge < -0.3 is 10.7 Å². The molecule has 0 saturated heterocycles. The van der Waals surface area contributed by atoms with E-state index in [9.17, 15) is 4.79 Å². The van der Waals surface area contributed by atoms with Crippen LogP contribution in [0.4, 0.5) is 0 Å². The Balaban J connectivity index is 2.30. The molecule has 0 aromatic carbocycles. The van der Waals surface area contributed by atoms with E-state index < -0.39 is 0 Å². The van der Waals surface area contributed by atoms with Crippen LogP contribution in [0.1, 0.15) is 34.6 Å². The van der Waals surface area contributed by atoms with Gasteiger partial charge in [-0.25, -0.2) is 0 Å². The van der Waals surface area contributed by atoms with Crippen LogP contribution in [0.2, 0.25) is 0 Å². The number of carbonyl (C=O) groups is 1. The molecule has 0 spiro atoms. The molecule has 0 aliphatic heterocycles. The summed E-state index contributed by atoms with van der Waals surface area (Å²) in [7, 11) is 0. The first-order valence-electron chi connectivity index (χ1n) is 4.75. The molecule has 3 nitrogen and oxygen atoms in total. The van der Waals surface area contributed by atoms with Gasteiger partial charge in [0.25, 0.3) is 0 Å². The van der Waals surface area contributed by atoms with Crippen molar-refractivity contribution in [2.24, 2.45) is 5.73 Å². The summed E-state index contributed by atoms with van der Waals surface area (Å²) >= 11 is 0. The summed E-state index contributed by atoms with van der Waals surface area (Å²) in [6.45, 7) is 0.0966. The number of aromatic nitrogens is 1. The molecule has 3 N–H and O–H groups in total. The maximum atomic E-state index is 11.3. The zero-order valence-electron chi connectivity index (χ0n) is 7.60. The first kappa shape index (κ1) is 8.51. The fraction of sp³-hybridized carbons (Fsp3) is 0.500. The van der Waals surface area contributed by atoms with Gasteiger partial charge in [-0.15, -0.1) is 0 Å².